The number of aliphatic hydroxyl groups excluding tert-OH is 4. The van der Waals surface area contributed by atoms with Crippen LogP contribution in [0.2, 0.25) is 0 Å². The van der Waals surface area contributed by atoms with E-state index in [-0.39, 0.29) is 26.1 Å². The Morgan fingerprint density at radius 2 is 1.07 bits per heavy atom. The second-order valence-corrected chi connectivity index (χ2v) is 14.4. The highest BCUT2D eigenvalue weighted by Gasteiger charge is 2.44. The number of carbonyl (C=O) groups is 2. The molecule has 4 N–H and O–H groups in total. The van der Waals surface area contributed by atoms with E-state index in [1.54, 1.807) is 0 Å². The fourth-order valence-electron chi connectivity index (χ4n) is 6.00. The minimum atomic E-state index is -1.61. The summed E-state index contributed by atoms with van der Waals surface area (Å²) in [5, 5.41) is 40.0. The number of aliphatic hydroxyl groups is 4. The van der Waals surface area contributed by atoms with E-state index < -0.39 is 55.4 Å². The molecule has 1 fully saturated rings. The SMILES string of the molecule is CC/C=C\C/C=C\C/C=C\C/C=C\CCCCC(=O)OC(COC(=O)CCCCCCC/C=C\CCCCCCCC)COC1OC(CO)C(O)C(O)C1O. The Hall–Kier alpha value is -2.60. The van der Waals surface area contributed by atoms with Crippen LogP contribution in [-0.4, -0.2) is 89.0 Å². The van der Waals surface area contributed by atoms with Crippen molar-refractivity contribution in [3.8, 4) is 0 Å². The Morgan fingerprint density at radius 1 is 0.582 bits per heavy atom. The van der Waals surface area contributed by atoms with Gasteiger partial charge in [0.15, 0.2) is 12.4 Å². The van der Waals surface area contributed by atoms with Crippen LogP contribution in [0.5, 0.6) is 0 Å². The van der Waals surface area contributed by atoms with Gasteiger partial charge in [-0.15, -0.1) is 0 Å². The third kappa shape index (κ3) is 27.6. The normalized spacial score (nSPS) is 21.2. The topological polar surface area (TPSA) is 152 Å². The molecule has 55 heavy (non-hydrogen) atoms. The molecule has 6 atom stereocenters. The van der Waals surface area contributed by atoms with Crippen LogP contribution in [0, 0.1) is 0 Å². The molecule has 0 aromatic rings. The first-order valence-corrected chi connectivity index (χ1v) is 21.4. The summed E-state index contributed by atoms with van der Waals surface area (Å²) in [7, 11) is 0. The van der Waals surface area contributed by atoms with Gasteiger partial charge in [0.2, 0.25) is 0 Å². The van der Waals surface area contributed by atoms with Crippen LogP contribution in [0.25, 0.3) is 0 Å². The van der Waals surface area contributed by atoms with E-state index in [1.165, 1.54) is 44.9 Å². The number of allylic oxidation sites excluding steroid dienone is 10. The van der Waals surface area contributed by atoms with Gasteiger partial charge in [-0.05, 0) is 77.0 Å². The van der Waals surface area contributed by atoms with Gasteiger partial charge in [-0.2, -0.15) is 0 Å². The Balaban J connectivity index is 2.40. The van der Waals surface area contributed by atoms with Crippen LogP contribution >= 0.6 is 0 Å². The third-order valence-electron chi connectivity index (χ3n) is 9.39. The van der Waals surface area contributed by atoms with Crippen molar-refractivity contribution in [3.05, 3.63) is 60.8 Å². The molecule has 0 spiro atoms. The lowest BCUT2D eigenvalue weighted by atomic mass is 9.99. The maximum atomic E-state index is 12.7. The van der Waals surface area contributed by atoms with E-state index >= 15 is 0 Å². The van der Waals surface area contributed by atoms with E-state index in [2.05, 4.69) is 74.6 Å². The number of rotatable bonds is 34. The second-order valence-electron chi connectivity index (χ2n) is 14.4. The van der Waals surface area contributed by atoms with Gasteiger partial charge in [-0.25, -0.2) is 0 Å². The van der Waals surface area contributed by atoms with Crippen LogP contribution in [0.1, 0.15) is 155 Å². The van der Waals surface area contributed by atoms with Gasteiger partial charge in [0, 0.05) is 12.8 Å². The van der Waals surface area contributed by atoms with Gasteiger partial charge < -0.3 is 39.4 Å². The molecule has 1 rings (SSSR count). The monoisotopic (exact) mass is 777 g/mol. The molecule has 316 valence electrons. The highest BCUT2D eigenvalue weighted by Crippen LogP contribution is 2.22. The molecule has 10 nitrogen and oxygen atoms in total. The van der Waals surface area contributed by atoms with Gasteiger partial charge in [0.25, 0.3) is 0 Å². The molecule has 1 saturated heterocycles. The predicted molar refractivity (Wildman–Crippen MR) is 219 cm³/mol. The largest absolute Gasteiger partial charge is 0.462 e. The zero-order valence-electron chi connectivity index (χ0n) is 34.2. The average Bonchev–Trinajstić information content (AvgIpc) is 3.18. The minimum absolute atomic E-state index is 0.174. The smallest absolute Gasteiger partial charge is 0.306 e. The summed E-state index contributed by atoms with van der Waals surface area (Å²) in [6.45, 7) is 3.23. The van der Waals surface area contributed by atoms with Crippen molar-refractivity contribution in [2.45, 2.75) is 192 Å². The number of hydrogen-bond donors (Lipinski definition) is 4. The summed E-state index contributed by atoms with van der Waals surface area (Å²) in [6.07, 6.45) is 35.1. The van der Waals surface area contributed by atoms with Crippen molar-refractivity contribution < 1.29 is 49.0 Å². The Bertz CT molecular complexity index is 1080. The van der Waals surface area contributed by atoms with E-state index in [0.717, 1.165) is 70.6 Å². The zero-order valence-corrected chi connectivity index (χ0v) is 34.2. The molecule has 0 aromatic carbocycles. The van der Waals surface area contributed by atoms with Crippen molar-refractivity contribution in [2.75, 3.05) is 19.8 Å². The summed E-state index contributed by atoms with van der Waals surface area (Å²) in [4.78, 5) is 25.3. The molecule has 0 amide bonds. The van der Waals surface area contributed by atoms with Crippen LogP contribution in [0.15, 0.2) is 60.8 Å². The van der Waals surface area contributed by atoms with Gasteiger partial charge in [-0.3, -0.25) is 9.59 Å². The molecule has 0 saturated carbocycles. The van der Waals surface area contributed by atoms with Gasteiger partial charge in [-0.1, -0.05) is 126 Å². The molecule has 0 radical (unpaired) electrons. The highest BCUT2D eigenvalue weighted by atomic mass is 16.7. The third-order valence-corrected chi connectivity index (χ3v) is 9.39. The molecule has 1 aliphatic rings. The van der Waals surface area contributed by atoms with E-state index in [1.807, 2.05) is 0 Å². The molecular formula is C45H76O10. The van der Waals surface area contributed by atoms with E-state index in [4.69, 9.17) is 18.9 Å². The number of unbranched alkanes of at least 4 members (excludes halogenated alkanes) is 13. The molecular weight excluding hydrogens is 700 g/mol. The molecule has 0 bridgehead atoms. The Kier molecular flexibility index (Phi) is 32.8. The summed E-state index contributed by atoms with van der Waals surface area (Å²) >= 11 is 0. The van der Waals surface area contributed by atoms with E-state index in [9.17, 15) is 30.0 Å². The van der Waals surface area contributed by atoms with Crippen molar-refractivity contribution in [2.24, 2.45) is 0 Å². The highest BCUT2D eigenvalue weighted by molar-refractivity contribution is 5.70. The molecule has 6 unspecified atom stereocenters. The maximum absolute atomic E-state index is 12.7. The maximum Gasteiger partial charge on any atom is 0.306 e. The van der Waals surface area contributed by atoms with Crippen LogP contribution in [-0.2, 0) is 28.5 Å². The number of ether oxygens (including phenoxy) is 4. The summed E-state index contributed by atoms with van der Waals surface area (Å²) in [6, 6.07) is 0. The van der Waals surface area contributed by atoms with Crippen molar-refractivity contribution in [1.29, 1.82) is 0 Å². The first kappa shape index (κ1) is 50.4. The number of esters is 2. The van der Waals surface area contributed by atoms with Crippen LogP contribution in [0.3, 0.4) is 0 Å². The zero-order chi connectivity index (χ0) is 40.2. The lowest BCUT2D eigenvalue weighted by Gasteiger charge is -2.39. The van der Waals surface area contributed by atoms with Crippen LogP contribution < -0.4 is 0 Å². The fraction of sp³-hybridized carbons (Fsp3) is 0.733. The van der Waals surface area contributed by atoms with Crippen molar-refractivity contribution in [3.63, 3.8) is 0 Å². The lowest BCUT2D eigenvalue weighted by molar-refractivity contribution is -0.305. The minimum Gasteiger partial charge on any atom is -0.462 e. The van der Waals surface area contributed by atoms with E-state index in [0.29, 0.717) is 12.8 Å². The van der Waals surface area contributed by atoms with Crippen LogP contribution in [0.4, 0.5) is 0 Å². The van der Waals surface area contributed by atoms with Gasteiger partial charge in [0.05, 0.1) is 13.2 Å². The molecule has 1 aliphatic heterocycles. The first-order valence-electron chi connectivity index (χ1n) is 21.4. The standard InChI is InChI=1S/C45H76O10/c1-3-5-7-9-11-13-15-17-19-21-23-25-27-29-31-33-40(47)52-36-38(37-53-45-44(51)43(50)42(49)39(35-46)55-45)54-41(48)34-32-30-28-26-24-22-20-18-16-14-12-10-8-6-4-2/h6,8,12,14,17-20,24,26,38-39,42-46,49-51H,3-5,7,9-11,13,15-16,21-23,25,27-37H2,1-2H3/b8-6-,14-12-,19-17-,20-18-,26-24-. The molecule has 0 aliphatic carbocycles. The van der Waals surface area contributed by atoms with Gasteiger partial charge >= 0.3 is 11.9 Å². The first-order chi connectivity index (χ1) is 26.8. The lowest BCUT2D eigenvalue weighted by Crippen LogP contribution is -2.59. The average molecular weight is 777 g/mol. The molecule has 1 heterocycles. The Labute approximate surface area is 332 Å². The fourth-order valence-corrected chi connectivity index (χ4v) is 6.00. The second kappa shape index (κ2) is 35.8. The molecule has 10 heteroatoms. The summed E-state index contributed by atoms with van der Waals surface area (Å²) < 4.78 is 22.1. The summed E-state index contributed by atoms with van der Waals surface area (Å²) in [5.41, 5.74) is 0. The summed E-state index contributed by atoms with van der Waals surface area (Å²) in [5.74, 6) is -0.870. The number of carbonyl (C=O) groups excluding carboxylic acids is 2. The van der Waals surface area contributed by atoms with Gasteiger partial charge in [0.1, 0.15) is 31.0 Å². The predicted octanol–water partition coefficient (Wildman–Crippen LogP) is 8.66. The van der Waals surface area contributed by atoms with Crippen molar-refractivity contribution >= 4 is 11.9 Å². The quantitative estimate of drug-likeness (QED) is 0.0284. The van der Waals surface area contributed by atoms with Crippen molar-refractivity contribution in [1.82, 2.24) is 0 Å². The Morgan fingerprint density at radius 3 is 1.67 bits per heavy atom. The number of hydrogen-bond acceptors (Lipinski definition) is 10. The molecule has 0 aromatic heterocycles.